The van der Waals surface area contributed by atoms with Crippen molar-refractivity contribution in [1.82, 2.24) is 0 Å². The number of carbonyl (C=O) groups excluding carboxylic acids is 2. The quantitative estimate of drug-likeness (QED) is 0.505. The molecule has 0 spiro atoms. The average molecular weight is 401 g/mol. The van der Waals surface area contributed by atoms with E-state index in [0.29, 0.717) is 47.6 Å². The predicted octanol–water partition coefficient (Wildman–Crippen LogP) is 6.86. The van der Waals surface area contributed by atoms with Gasteiger partial charge in [-0.05, 0) is 78.4 Å². The maximum absolute atomic E-state index is 13.4. The van der Waals surface area contributed by atoms with Crippen molar-refractivity contribution in [2.45, 2.75) is 105 Å². The number of rotatable bonds is 5. The topological polar surface area (TPSA) is 34.1 Å². The van der Waals surface area contributed by atoms with Crippen LogP contribution in [0.2, 0.25) is 0 Å². The first-order valence-electron chi connectivity index (χ1n) is 12.7. The fourth-order valence-corrected chi connectivity index (χ4v) is 8.75. The first-order valence-corrected chi connectivity index (χ1v) is 12.7. The molecule has 4 aliphatic carbocycles. The number of hydrogen-bond acceptors (Lipinski definition) is 2. The summed E-state index contributed by atoms with van der Waals surface area (Å²) in [6.07, 6.45) is 12.3. The Morgan fingerprint density at radius 1 is 0.897 bits per heavy atom. The molecule has 4 fully saturated rings. The highest BCUT2D eigenvalue weighted by molar-refractivity contribution is 5.86. The van der Waals surface area contributed by atoms with Crippen LogP contribution >= 0.6 is 0 Å². The van der Waals surface area contributed by atoms with Gasteiger partial charge in [0, 0.05) is 25.2 Å². The molecular formula is C27H44O2. The molecule has 0 saturated heterocycles. The molecule has 0 aliphatic heterocycles. The molecule has 0 aromatic carbocycles. The molecule has 0 N–H and O–H groups in total. The molecule has 0 aromatic heterocycles. The van der Waals surface area contributed by atoms with Crippen molar-refractivity contribution in [1.29, 1.82) is 0 Å². The van der Waals surface area contributed by atoms with E-state index < -0.39 is 0 Å². The van der Waals surface area contributed by atoms with Crippen LogP contribution in [0.3, 0.4) is 0 Å². The lowest BCUT2D eigenvalue weighted by Gasteiger charge is -2.59. The Hall–Kier alpha value is -0.660. The van der Waals surface area contributed by atoms with E-state index in [0.717, 1.165) is 30.6 Å². The van der Waals surface area contributed by atoms with Crippen LogP contribution < -0.4 is 0 Å². The molecule has 4 aliphatic rings. The molecule has 164 valence electrons. The second-order valence-corrected chi connectivity index (χ2v) is 12.4. The summed E-state index contributed by atoms with van der Waals surface area (Å²) in [6.45, 7) is 12.2. The summed E-state index contributed by atoms with van der Waals surface area (Å²) in [6, 6.07) is 0. The average Bonchev–Trinajstić information content (AvgIpc) is 3.00. The highest BCUT2D eigenvalue weighted by Gasteiger charge is 2.62. The third-order valence-electron chi connectivity index (χ3n) is 10.5. The van der Waals surface area contributed by atoms with Gasteiger partial charge in [0.15, 0.2) is 0 Å². The van der Waals surface area contributed by atoms with Gasteiger partial charge in [-0.2, -0.15) is 0 Å². The molecule has 8 atom stereocenters. The molecule has 0 aromatic rings. The van der Waals surface area contributed by atoms with E-state index in [-0.39, 0.29) is 11.3 Å². The molecule has 0 bridgehead atoms. The van der Waals surface area contributed by atoms with Gasteiger partial charge in [0.25, 0.3) is 0 Å². The molecule has 29 heavy (non-hydrogen) atoms. The zero-order valence-electron chi connectivity index (χ0n) is 19.6. The summed E-state index contributed by atoms with van der Waals surface area (Å²) in [5.41, 5.74) is 0.594. The normalized spacial score (nSPS) is 45.7. The fourth-order valence-electron chi connectivity index (χ4n) is 8.75. The van der Waals surface area contributed by atoms with Gasteiger partial charge in [0.2, 0.25) is 0 Å². The molecule has 0 amide bonds. The Kier molecular flexibility index (Phi) is 5.79. The minimum atomic E-state index is 0.231. The van der Waals surface area contributed by atoms with Crippen molar-refractivity contribution in [2.24, 2.45) is 52.3 Å². The third-order valence-corrected chi connectivity index (χ3v) is 10.5. The van der Waals surface area contributed by atoms with Crippen molar-refractivity contribution in [3.8, 4) is 0 Å². The van der Waals surface area contributed by atoms with Crippen molar-refractivity contribution in [2.75, 3.05) is 0 Å². The van der Waals surface area contributed by atoms with Crippen molar-refractivity contribution >= 4 is 11.6 Å². The molecule has 2 nitrogen and oxygen atoms in total. The summed E-state index contributed by atoms with van der Waals surface area (Å²) in [7, 11) is 0. The first kappa shape index (κ1) is 21.6. The van der Waals surface area contributed by atoms with E-state index in [4.69, 9.17) is 0 Å². The lowest BCUT2D eigenvalue weighted by molar-refractivity contribution is -0.159. The maximum atomic E-state index is 13.4. The summed E-state index contributed by atoms with van der Waals surface area (Å²) >= 11 is 0. The second-order valence-electron chi connectivity index (χ2n) is 12.4. The SMILES string of the molecule is CC(C)CCC[C@H](C)[C@@H]1CC[C@@H]2[C@@H]3C(=O)C[C@@H]4CC(=O)CC[C@]4(C)[C@@H]3CC[C@@]21C. The zero-order valence-corrected chi connectivity index (χ0v) is 19.6. The lowest BCUT2D eigenvalue weighted by atomic mass is 9.44. The van der Waals surface area contributed by atoms with Crippen LogP contribution in [-0.2, 0) is 9.59 Å². The van der Waals surface area contributed by atoms with Crippen LogP contribution in [0, 0.1) is 52.3 Å². The highest BCUT2D eigenvalue weighted by Crippen LogP contribution is 2.67. The Labute approximate surface area is 179 Å². The largest absolute Gasteiger partial charge is 0.300 e. The Morgan fingerprint density at radius 2 is 1.62 bits per heavy atom. The van der Waals surface area contributed by atoms with Gasteiger partial charge in [-0.25, -0.2) is 0 Å². The summed E-state index contributed by atoms with van der Waals surface area (Å²) < 4.78 is 0. The Balaban J connectivity index is 1.52. The smallest absolute Gasteiger partial charge is 0.136 e. The Morgan fingerprint density at radius 3 is 2.34 bits per heavy atom. The summed E-state index contributed by atoms with van der Waals surface area (Å²) in [5.74, 6) is 5.07. The minimum Gasteiger partial charge on any atom is -0.300 e. The highest BCUT2D eigenvalue weighted by atomic mass is 16.1. The van der Waals surface area contributed by atoms with Crippen molar-refractivity contribution < 1.29 is 9.59 Å². The fraction of sp³-hybridized carbons (Fsp3) is 0.926. The molecule has 4 rings (SSSR count). The van der Waals surface area contributed by atoms with Crippen LogP contribution in [0.4, 0.5) is 0 Å². The molecule has 0 radical (unpaired) electrons. The van der Waals surface area contributed by atoms with Crippen LogP contribution in [0.25, 0.3) is 0 Å². The summed E-state index contributed by atoms with van der Waals surface area (Å²) in [4.78, 5) is 25.5. The number of hydrogen-bond donors (Lipinski definition) is 0. The van der Waals surface area contributed by atoms with E-state index in [1.807, 2.05) is 0 Å². The number of fused-ring (bicyclic) bond motifs is 5. The lowest BCUT2D eigenvalue weighted by Crippen LogP contribution is -2.57. The van der Waals surface area contributed by atoms with E-state index in [9.17, 15) is 9.59 Å². The maximum Gasteiger partial charge on any atom is 0.136 e. The number of ketones is 2. The van der Waals surface area contributed by atoms with E-state index in [1.165, 1.54) is 44.9 Å². The minimum absolute atomic E-state index is 0.231. The first-order chi connectivity index (χ1) is 13.7. The zero-order chi connectivity index (χ0) is 21.0. The van der Waals surface area contributed by atoms with Crippen molar-refractivity contribution in [3.63, 3.8) is 0 Å². The molecule has 2 heteroatoms. The van der Waals surface area contributed by atoms with Gasteiger partial charge < -0.3 is 0 Å². The van der Waals surface area contributed by atoms with E-state index >= 15 is 0 Å². The van der Waals surface area contributed by atoms with Crippen LogP contribution in [0.5, 0.6) is 0 Å². The van der Waals surface area contributed by atoms with Gasteiger partial charge in [-0.15, -0.1) is 0 Å². The van der Waals surface area contributed by atoms with E-state index in [2.05, 4.69) is 34.6 Å². The van der Waals surface area contributed by atoms with Gasteiger partial charge in [0.1, 0.15) is 11.6 Å². The molecule has 0 unspecified atom stereocenters. The van der Waals surface area contributed by atoms with Gasteiger partial charge >= 0.3 is 0 Å². The van der Waals surface area contributed by atoms with Gasteiger partial charge in [-0.3, -0.25) is 9.59 Å². The second kappa shape index (κ2) is 7.79. The Bertz CT molecular complexity index is 651. The van der Waals surface area contributed by atoms with Crippen LogP contribution in [0.1, 0.15) is 105 Å². The van der Waals surface area contributed by atoms with Crippen LogP contribution in [0.15, 0.2) is 0 Å². The predicted molar refractivity (Wildman–Crippen MR) is 118 cm³/mol. The summed E-state index contributed by atoms with van der Waals surface area (Å²) in [5, 5.41) is 0. The van der Waals surface area contributed by atoms with Gasteiger partial charge in [-0.1, -0.05) is 53.9 Å². The molecule has 4 saturated carbocycles. The molecular weight excluding hydrogens is 356 g/mol. The molecule has 0 heterocycles. The monoisotopic (exact) mass is 400 g/mol. The number of Topliss-reactive ketones (excluding diaryl/α,β-unsaturated/α-hetero) is 2. The van der Waals surface area contributed by atoms with Crippen LogP contribution in [-0.4, -0.2) is 11.6 Å². The van der Waals surface area contributed by atoms with Gasteiger partial charge in [0.05, 0.1) is 0 Å². The van der Waals surface area contributed by atoms with Crippen molar-refractivity contribution in [3.05, 3.63) is 0 Å². The standard InChI is InChI=1S/C27H44O2/c1-17(2)7-6-8-18(3)21-9-10-22-25-23(12-14-27(21,22)5)26(4)13-11-20(28)15-19(26)16-24(25)29/h17-19,21-23,25H,6-16H2,1-5H3/t18-,19-,21-,22+,23+,25-,26-,27+/m0/s1. The van der Waals surface area contributed by atoms with E-state index in [1.54, 1.807) is 0 Å². The number of carbonyl (C=O) groups is 2. The third kappa shape index (κ3) is 3.55.